The molecule has 26 heteroatoms. The smallest absolute Gasteiger partial charge is 0.335 e. The summed E-state index contributed by atoms with van der Waals surface area (Å²) in [7, 11) is 3.06. The molecule has 6 aromatic carbocycles. The van der Waals surface area contributed by atoms with Gasteiger partial charge in [-0.25, -0.2) is 20.1 Å². The number of aromatic nitrogens is 3. The van der Waals surface area contributed by atoms with Gasteiger partial charge in [0.15, 0.2) is 5.75 Å². The highest BCUT2D eigenvalue weighted by atomic mass is 32.2. The molecule has 346 valence electrons. The summed E-state index contributed by atoms with van der Waals surface area (Å²) in [5.41, 5.74) is 3.11. The summed E-state index contributed by atoms with van der Waals surface area (Å²) >= 11 is 1.36. The van der Waals surface area contributed by atoms with E-state index in [-0.39, 0.29) is 51.0 Å². The molecule has 7 aromatic rings. The molecule has 0 saturated heterocycles. The molecule has 0 aliphatic carbocycles. The van der Waals surface area contributed by atoms with Gasteiger partial charge in [-0.15, -0.1) is 18.9 Å². The molecule has 0 saturated carbocycles. The molecule has 8 N–H and O–H groups in total. The minimum absolute atomic E-state index is 0.00288. The number of aromatic hydroxyl groups is 1. The lowest BCUT2D eigenvalue weighted by molar-refractivity contribution is -0.432. The predicted molar refractivity (Wildman–Crippen MR) is 246 cm³/mol. The number of fused-ring (bicyclic) bond motifs is 1. The van der Waals surface area contributed by atoms with Gasteiger partial charge in [-0.2, -0.15) is 35.4 Å². The number of methoxy groups -OCH3 is 1. The lowest BCUT2D eigenvalue weighted by Crippen LogP contribution is -2.08. The quantitative estimate of drug-likeness (QED) is 0.0152. The SMILES string of the molecule is CNc1nc(Nc2cc(C(=O)O)cc(C(=O)O)c2)nc(Nc2ccc3c(O)c(N=Nc4ccc(N=Nc5ccc(N=Nc6cccc(SOOO)c6)cc5OC)c(C)c4)c(SOOO)cc3c2)n1. The van der Waals surface area contributed by atoms with E-state index in [2.05, 4.69) is 76.0 Å². The molecule has 0 aliphatic rings. The largest absolute Gasteiger partial charge is 0.505 e. The molecule has 68 heavy (non-hydrogen) atoms. The molecule has 1 aromatic heterocycles. The van der Waals surface area contributed by atoms with Crippen LogP contribution in [0.25, 0.3) is 10.8 Å². The number of azo groups is 3. The van der Waals surface area contributed by atoms with E-state index in [1.807, 2.05) is 6.92 Å². The van der Waals surface area contributed by atoms with Crippen LogP contribution in [0.15, 0.2) is 144 Å². The third kappa shape index (κ3) is 12.2. The first-order chi connectivity index (χ1) is 32.9. The number of phenols is 1. The zero-order valence-electron chi connectivity index (χ0n) is 35.3. The van der Waals surface area contributed by atoms with E-state index in [9.17, 15) is 24.9 Å². The van der Waals surface area contributed by atoms with Gasteiger partial charge in [0, 0.05) is 34.8 Å². The molecule has 0 amide bonds. The van der Waals surface area contributed by atoms with Gasteiger partial charge in [0.2, 0.25) is 17.8 Å². The number of benzene rings is 6. The number of hydrogen-bond donors (Lipinski definition) is 8. The summed E-state index contributed by atoms with van der Waals surface area (Å²) in [5.74, 6) is -2.41. The number of carboxylic acids is 2. The summed E-state index contributed by atoms with van der Waals surface area (Å²) < 4.78 is 14.7. The second-order valence-electron chi connectivity index (χ2n) is 13.6. The van der Waals surface area contributed by atoms with Gasteiger partial charge in [-0.1, -0.05) is 16.1 Å². The second kappa shape index (κ2) is 22.3. The number of aromatic carboxylic acids is 2. The van der Waals surface area contributed by atoms with E-state index >= 15 is 0 Å². The van der Waals surface area contributed by atoms with Gasteiger partial charge in [0.25, 0.3) is 0 Å². The topological polar surface area (TPSA) is 330 Å². The minimum atomic E-state index is -1.33. The zero-order chi connectivity index (χ0) is 48.2. The van der Waals surface area contributed by atoms with Crippen molar-refractivity contribution < 1.29 is 58.9 Å². The van der Waals surface area contributed by atoms with Gasteiger partial charge in [-0.05, 0) is 109 Å². The number of carboxylic acid groups (broad SMARTS) is 2. The van der Waals surface area contributed by atoms with Crippen LogP contribution in [0.5, 0.6) is 11.5 Å². The molecule has 1 heterocycles. The number of carbonyl (C=O) groups is 2. The predicted octanol–water partition coefficient (Wildman–Crippen LogP) is 12.1. The molecule has 0 aliphatic heterocycles. The highest BCUT2D eigenvalue weighted by Crippen LogP contribution is 2.45. The molecule has 24 nitrogen and oxygen atoms in total. The van der Waals surface area contributed by atoms with Crippen molar-refractivity contribution in [3.63, 3.8) is 0 Å². The molecule has 0 atom stereocenters. The Morgan fingerprint density at radius 1 is 0.632 bits per heavy atom. The standard InChI is InChI=1S/C42H34N12O12S2/c1-21-13-27(8-11-32(21)52-53-33-12-9-28(20-34(33)62-3)50-49-26-5-4-6-30(19-26)67-65-63-60)51-54-36-35(68-66-64-61)18-22-15-25(7-10-31(22)37(36)55)44-41-46-40(43-2)47-42(48-41)45-29-16-23(38(56)57)14-24(17-29)39(58)59/h4-20,55,60-61H,1-3H3,(H,56,57)(H,58,59)(H3,43,44,45,46,47,48). The van der Waals surface area contributed by atoms with Crippen LogP contribution in [0.4, 0.5) is 63.3 Å². The maximum atomic E-state index is 11.6. The summed E-state index contributed by atoms with van der Waals surface area (Å²) in [6, 6.07) is 27.0. The van der Waals surface area contributed by atoms with Crippen molar-refractivity contribution in [2.45, 2.75) is 16.7 Å². The number of phenolic OH excluding ortho intramolecular Hbond substituents is 1. The highest BCUT2D eigenvalue weighted by molar-refractivity contribution is 7.94. The summed E-state index contributed by atoms with van der Waals surface area (Å²) in [6.45, 7) is 1.81. The van der Waals surface area contributed by atoms with Gasteiger partial charge in [0.05, 0.1) is 70.0 Å². The average molecular weight is 963 g/mol. The van der Waals surface area contributed by atoms with Crippen LogP contribution in [-0.4, -0.2) is 66.9 Å². The Morgan fingerprint density at radius 2 is 1.25 bits per heavy atom. The third-order valence-corrected chi connectivity index (χ3v) is 10.3. The number of ether oxygens (including phenoxy) is 1. The Balaban J connectivity index is 1.08. The van der Waals surface area contributed by atoms with Gasteiger partial charge in [0.1, 0.15) is 17.1 Å². The van der Waals surface area contributed by atoms with Crippen LogP contribution in [0.1, 0.15) is 26.3 Å². The van der Waals surface area contributed by atoms with Crippen LogP contribution in [0, 0.1) is 6.92 Å². The van der Waals surface area contributed by atoms with Crippen molar-refractivity contribution in [2.24, 2.45) is 30.7 Å². The summed E-state index contributed by atoms with van der Waals surface area (Å²) in [5, 5.41) is 90.7. The Morgan fingerprint density at radius 3 is 1.91 bits per heavy atom. The van der Waals surface area contributed by atoms with Crippen molar-refractivity contribution in [1.82, 2.24) is 15.0 Å². The average Bonchev–Trinajstić information content (AvgIpc) is 3.33. The molecule has 0 radical (unpaired) electrons. The highest BCUT2D eigenvalue weighted by Gasteiger charge is 2.18. The first kappa shape index (κ1) is 47.7. The molecule has 0 fully saturated rings. The number of nitrogens with one attached hydrogen (secondary N) is 3. The van der Waals surface area contributed by atoms with E-state index in [1.165, 1.54) is 19.2 Å². The normalized spacial score (nSPS) is 11.5. The number of nitrogens with zero attached hydrogens (tertiary/aromatic N) is 9. The van der Waals surface area contributed by atoms with Gasteiger partial charge >= 0.3 is 11.9 Å². The van der Waals surface area contributed by atoms with Crippen molar-refractivity contribution in [3.8, 4) is 11.5 Å². The fraction of sp³-hybridized carbons (Fsp3) is 0.0714. The molecule has 0 unspecified atom stereocenters. The lowest BCUT2D eigenvalue weighted by atomic mass is 10.1. The van der Waals surface area contributed by atoms with Crippen LogP contribution in [-0.2, 0) is 18.7 Å². The fourth-order valence-electron chi connectivity index (χ4n) is 6.05. The van der Waals surface area contributed by atoms with E-state index < -0.39 is 11.9 Å². The van der Waals surface area contributed by atoms with Crippen molar-refractivity contribution in [1.29, 1.82) is 0 Å². The van der Waals surface area contributed by atoms with E-state index in [0.717, 1.165) is 18.1 Å². The van der Waals surface area contributed by atoms with Crippen LogP contribution >= 0.6 is 24.1 Å². The first-order valence-corrected chi connectivity index (χ1v) is 20.7. The fourth-order valence-corrected chi connectivity index (χ4v) is 6.96. The Hall–Kier alpha value is -8.21. The molecule has 7 rings (SSSR count). The van der Waals surface area contributed by atoms with E-state index in [0.29, 0.717) is 73.1 Å². The lowest BCUT2D eigenvalue weighted by Gasteiger charge is -2.13. The van der Waals surface area contributed by atoms with Crippen LogP contribution in [0.2, 0.25) is 0 Å². The van der Waals surface area contributed by atoms with Crippen molar-refractivity contribution in [2.75, 3.05) is 30.1 Å². The Labute approximate surface area is 391 Å². The van der Waals surface area contributed by atoms with Crippen LogP contribution in [0.3, 0.4) is 0 Å². The van der Waals surface area contributed by atoms with Crippen molar-refractivity contribution >= 4 is 110 Å². The molecule has 0 spiro atoms. The van der Waals surface area contributed by atoms with Gasteiger partial charge in [-0.3, -0.25) is 0 Å². The monoisotopic (exact) mass is 962 g/mol. The van der Waals surface area contributed by atoms with E-state index in [1.54, 1.807) is 92.0 Å². The molecular formula is C42H34N12O12S2. The maximum absolute atomic E-state index is 11.6. The maximum Gasteiger partial charge on any atom is 0.335 e. The van der Waals surface area contributed by atoms with Crippen LogP contribution < -0.4 is 20.7 Å². The molecule has 0 bridgehead atoms. The summed E-state index contributed by atoms with van der Waals surface area (Å²) in [4.78, 5) is 37.0. The zero-order valence-corrected chi connectivity index (χ0v) is 36.9. The third-order valence-electron chi connectivity index (χ3n) is 9.14. The Kier molecular flexibility index (Phi) is 15.7. The number of aryl methyl sites for hydroxylation is 1. The number of anilines is 5. The van der Waals surface area contributed by atoms with E-state index in [4.69, 9.17) is 19.6 Å². The first-order valence-electron chi connectivity index (χ1n) is 19.3. The summed E-state index contributed by atoms with van der Waals surface area (Å²) in [6.07, 6.45) is 0. The van der Waals surface area contributed by atoms with Crippen molar-refractivity contribution in [3.05, 3.63) is 120 Å². The Bertz CT molecular complexity index is 3080. The minimum Gasteiger partial charge on any atom is -0.505 e. The second-order valence-corrected chi connectivity index (χ2v) is 15.1. The molecular weight excluding hydrogens is 929 g/mol. The number of hydrogen-bond acceptors (Lipinski definition) is 24. The van der Waals surface area contributed by atoms with Gasteiger partial charge < -0.3 is 36.0 Å². The number of rotatable bonds is 20.